The van der Waals surface area contributed by atoms with Crippen LogP contribution in [-0.2, 0) is 20.9 Å². The van der Waals surface area contributed by atoms with Gasteiger partial charge in [0.15, 0.2) is 0 Å². The molecule has 150 valence electrons. The second-order valence-electron chi connectivity index (χ2n) is 6.84. The maximum Gasteiger partial charge on any atom is 0.408 e. The minimum Gasteiger partial charge on any atom is -0.445 e. The van der Waals surface area contributed by atoms with E-state index in [1.165, 1.54) is 0 Å². The molecule has 0 saturated heterocycles. The van der Waals surface area contributed by atoms with E-state index in [1.54, 1.807) is 45.0 Å². The average molecular weight is 400 g/mol. The van der Waals surface area contributed by atoms with Crippen molar-refractivity contribution >= 4 is 29.7 Å². The van der Waals surface area contributed by atoms with Gasteiger partial charge in [0.25, 0.3) is 0 Å². The van der Waals surface area contributed by atoms with Gasteiger partial charge in [-0.3, -0.25) is 4.79 Å². The molecule has 0 spiro atoms. The van der Waals surface area contributed by atoms with Crippen molar-refractivity contribution in [3.8, 4) is 0 Å². The number of hydrogen-bond acceptors (Lipinski definition) is 5. The van der Waals surface area contributed by atoms with Gasteiger partial charge in [0, 0.05) is 17.1 Å². The number of carbonyl (C=O) groups is 3. The van der Waals surface area contributed by atoms with Gasteiger partial charge in [0.2, 0.25) is 5.91 Å². The van der Waals surface area contributed by atoms with E-state index in [2.05, 4.69) is 10.6 Å². The van der Waals surface area contributed by atoms with Gasteiger partial charge in [-0.1, -0.05) is 29.8 Å². The molecular weight excluding hydrogens is 374 g/mol. The SMILES string of the molecule is CC(C)(C)OC(=O)N[C@@H](CCCNC(=O)OCc1ccccc1Cl)C(N)=O. The van der Waals surface area contributed by atoms with Crippen LogP contribution in [0.25, 0.3) is 0 Å². The Morgan fingerprint density at radius 1 is 1.19 bits per heavy atom. The van der Waals surface area contributed by atoms with E-state index >= 15 is 0 Å². The Kier molecular flexibility index (Phi) is 8.87. The number of nitrogens with two attached hydrogens (primary N) is 1. The Labute approximate surface area is 163 Å². The largest absolute Gasteiger partial charge is 0.445 e. The summed E-state index contributed by atoms with van der Waals surface area (Å²) in [7, 11) is 0. The number of halogens is 1. The second kappa shape index (κ2) is 10.6. The van der Waals surface area contributed by atoms with Crippen molar-refractivity contribution in [3.05, 3.63) is 34.9 Å². The number of alkyl carbamates (subject to hydrolysis) is 2. The first-order chi connectivity index (χ1) is 12.6. The molecule has 8 nitrogen and oxygen atoms in total. The summed E-state index contributed by atoms with van der Waals surface area (Å²) in [5.41, 5.74) is 5.30. The van der Waals surface area contributed by atoms with Crippen LogP contribution in [0.1, 0.15) is 39.2 Å². The molecule has 1 aromatic rings. The zero-order valence-electron chi connectivity index (χ0n) is 15.7. The number of carbonyl (C=O) groups excluding carboxylic acids is 3. The lowest BCUT2D eigenvalue weighted by Gasteiger charge is -2.22. The van der Waals surface area contributed by atoms with E-state index in [0.717, 1.165) is 0 Å². The Morgan fingerprint density at radius 2 is 1.85 bits per heavy atom. The van der Waals surface area contributed by atoms with Gasteiger partial charge in [-0.2, -0.15) is 0 Å². The minimum atomic E-state index is -0.888. The van der Waals surface area contributed by atoms with Crippen LogP contribution in [0.4, 0.5) is 9.59 Å². The fourth-order valence-electron chi connectivity index (χ4n) is 2.04. The van der Waals surface area contributed by atoms with Gasteiger partial charge < -0.3 is 25.8 Å². The highest BCUT2D eigenvalue weighted by molar-refractivity contribution is 6.31. The van der Waals surface area contributed by atoms with E-state index in [1.807, 2.05) is 0 Å². The lowest BCUT2D eigenvalue weighted by atomic mass is 10.1. The predicted molar refractivity (Wildman–Crippen MR) is 101 cm³/mol. The first-order valence-electron chi connectivity index (χ1n) is 8.51. The Hall–Kier alpha value is -2.48. The zero-order chi connectivity index (χ0) is 20.4. The van der Waals surface area contributed by atoms with E-state index in [-0.39, 0.29) is 19.6 Å². The predicted octanol–water partition coefficient (Wildman–Crippen LogP) is 2.73. The van der Waals surface area contributed by atoms with Gasteiger partial charge in [-0.15, -0.1) is 0 Å². The molecule has 0 aliphatic carbocycles. The standard InChI is InChI=1S/C18H26ClN3O5/c1-18(2,3)27-17(25)22-14(15(20)23)9-6-10-21-16(24)26-11-12-7-4-5-8-13(12)19/h4-5,7-8,14H,6,9-11H2,1-3H3,(H2,20,23)(H,21,24)(H,22,25)/t14-/m0/s1. The number of hydrogen-bond donors (Lipinski definition) is 3. The first-order valence-corrected chi connectivity index (χ1v) is 8.89. The first kappa shape index (κ1) is 22.6. The Balaban J connectivity index is 2.31. The van der Waals surface area contributed by atoms with Gasteiger partial charge in [0.1, 0.15) is 18.2 Å². The molecule has 27 heavy (non-hydrogen) atoms. The van der Waals surface area contributed by atoms with E-state index < -0.39 is 29.7 Å². The smallest absolute Gasteiger partial charge is 0.408 e. The molecule has 0 aliphatic rings. The van der Waals surface area contributed by atoms with Crippen molar-refractivity contribution in [2.75, 3.05) is 6.54 Å². The highest BCUT2D eigenvalue weighted by Gasteiger charge is 2.22. The van der Waals surface area contributed by atoms with Crippen molar-refractivity contribution in [1.82, 2.24) is 10.6 Å². The van der Waals surface area contributed by atoms with Gasteiger partial charge in [0.05, 0.1) is 0 Å². The molecular formula is C18H26ClN3O5. The molecule has 0 aromatic heterocycles. The summed E-state index contributed by atoms with van der Waals surface area (Å²) < 4.78 is 10.2. The van der Waals surface area contributed by atoms with Gasteiger partial charge in [-0.25, -0.2) is 9.59 Å². The van der Waals surface area contributed by atoms with Crippen molar-refractivity contribution in [3.63, 3.8) is 0 Å². The summed E-state index contributed by atoms with van der Waals surface area (Å²) in [5, 5.41) is 5.49. The maximum atomic E-state index is 11.7. The number of ether oxygens (including phenoxy) is 2. The summed E-state index contributed by atoms with van der Waals surface area (Å²) in [4.78, 5) is 34.9. The van der Waals surface area contributed by atoms with Crippen molar-refractivity contribution in [2.45, 2.75) is 51.9 Å². The third-order valence-electron chi connectivity index (χ3n) is 3.29. The van der Waals surface area contributed by atoms with Crippen LogP contribution >= 0.6 is 11.6 Å². The number of primary amides is 1. The molecule has 0 unspecified atom stereocenters. The topological polar surface area (TPSA) is 120 Å². The van der Waals surface area contributed by atoms with Crippen LogP contribution in [0.5, 0.6) is 0 Å². The third-order valence-corrected chi connectivity index (χ3v) is 3.66. The third kappa shape index (κ3) is 9.69. The highest BCUT2D eigenvalue weighted by atomic mass is 35.5. The molecule has 0 fully saturated rings. The summed E-state index contributed by atoms with van der Waals surface area (Å²) in [5.74, 6) is -0.679. The molecule has 0 aliphatic heterocycles. The summed E-state index contributed by atoms with van der Waals surface area (Å²) in [6.45, 7) is 5.44. The summed E-state index contributed by atoms with van der Waals surface area (Å²) in [6.07, 6.45) is -0.673. The Morgan fingerprint density at radius 3 is 2.44 bits per heavy atom. The normalized spacial score (nSPS) is 12.0. The monoisotopic (exact) mass is 399 g/mol. The Bertz CT molecular complexity index is 661. The maximum absolute atomic E-state index is 11.7. The lowest BCUT2D eigenvalue weighted by Crippen LogP contribution is -2.46. The molecule has 1 atom stereocenters. The van der Waals surface area contributed by atoms with Crippen molar-refractivity contribution in [1.29, 1.82) is 0 Å². The van der Waals surface area contributed by atoms with E-state index in [9.17, 15) is 14.4 Å². The van der Waals surface area contributed by atoms with E-state index in [0.29, 0.717) is 17.0 Å². The number of rotatable bonds is 8. The molecule has 0 heterocycles. The van der Waals surface area contributed by atoms with Crippen LogP contribution in [0.3, 0.4) is 0 Å². The van der Waals surface area contributed by atoms with Crippen molar-refractivity contribution < 1.29 is 23.9 Å². The van der Waals surface area contributed by atoms with E-state index in [4.69, 9.17) is 26.8 Å². The summed E-state index contributed by atoms with van der Waals surface area (Å²) >= 11 is 5.98. The zero-order valence-corrected chi connectivity index (χ0v) is 16.5. The molecule has 0 radical (unpaired) electrons. The fraction of sp³-hybridized carbons (Fsp3) is 0.500. The van der Waals surface area contributed by atoms with Crippen molar-refractivity contribution in [2.24, 2.45) is 5.73 Å². The average Bonchev–Trinajstić information content (AvgIpc) is 2.55. The lowest BCUT2D eigenvalue weighted by molar-refractivity contribution is -0.120. The molecule has 0 saturated carbocycles. The van der Waals surface area contributed by atoms with Gasteiger partial charge >= 0.3 is 12.2 Å². The van der Waals surface area contributed by atoms with Crippen LogP contribution in [-0.4, -0.2) is 36.3 Å². The minimum absolute atomic E-state index is 0.0512. The highest BCUT2D eigenvalue weighted by Crippen LogP contribution is 2.15. The van der Waals surface area contributed by atoms with Crippen LogP contribution in [0.2, 0.25) is 5.02 Å². The molecule has 4 N–H and O–H groups in total. The molecule has 0 bridgehead atoms. The number of nitrogens with one attached hydrogen (secondary N) is 2. The number of amides is 3. The molecule has 9 heteroatoms. The molecule has 1 aromatic carbocycles. The summed E-state index contributed by atoms with van der Waals surface area (Å²) in [6, 6.07) is 6.16. The van der Waals surface area contributed by atoms with Crippen LogP contribution in [0.15, 0.2) is 24.3 Å². The fourth-order valence-corrected chi connectivity index (χ4v) is 2.23. The van der Waals surface area contributed by atoms with Crippen LogP contribution < -0.4 is 16.4 Å². The number of benzene rings is 1. The molecule has 3 amide bonds. The second-order valence-corrected chi connectivity index (χ2v) is 7.24. The quantitative estimate of drug-likeness (QED) is 0.580. The van der Waals surface area contributed by atoms with Crippen LogP contribution in [0, 0.1) is 0 Å². The van der Waals surface area contributed by atoms with Gasteiger partial charge in [-0.05, 0) is 39.7 Å². The molecule has 1 rings (SSSR count).